The van der Waals surface area contributed by atoms with Crippen molar-refractivity contribution >= 4 is 17.7 Å². The molecular weight excluding hydrogens is 402 g/mol. The predicted molar refractivity (Wildman–Crippen MR) is 115 cm³/mol. The van der Waals surface area contributed by atoms with Crippen LogP contribution in [0.2, 0.25) is 0 Å². The first kappa shape index (κ1) is 23.9. The molecule has 0 fully saturated rings. The van der Waals surface area contributed by atoms with Gasteiger partial charge < -0.3 is 24.4 Å². The average molecular weight is 429 g/mol. The van der Waals surface area contributed by atoms with E-state index in [1.165, 1.54) is 6.08 Å². The van der Waals surface area contributed by atoms with E-state index in [0.29, 0.717) is 17.0 Å². The smallest absolute Gasteiger partial charge is 0.412 e. The number of ether oxygens (including phenoxy) is 3. The van der Waals surface area contributed by atoms with E-state index in [1.807, 2.05) is 19.1 Å². The van der Waals surface area contributed by atoms with Crippen LogP contribution in [0, 0.1) is 6.92 Å². The molecule has 0 spiro atoms. The fourth-order valence-electron chi connectivity index (χ4n) is 2.78. The molecule has 0 aliphatic heterocycles. The molecule has 2 aromatic carbocycles. The molecule has 0 aromatic heterocycles. The third-order valence-electron chi connectivity index (χ3n) is 4.16. The van der Waals surface area contributed by atoms with Gasteiger partial charge in [0.2, 0.25) is 0 Å². The average Bonchev–Trinajstić information content (AvgIpc) is 2.75. The van der Waals surface area contributed by atoms with Gasteiger partial charge in [-0.05, 0) is 49.8 Å². The maximum Gasteiger partial charge on any atom is 0.412 e. The van der Waals surface area contributed by atoms with Crippen molar-refractivity contribution in [2.24, 2.45) is 0 Å². The molecular formula is C23H27NO7. The summed E-state index contributed by atoms with van der Waals surface area (Å²) in [5.41, 5.74) is 2.15. The summed E-state index contributed by atoms with van der Waals surface area (Å²) in [6.45, 7) is 3.93. The Balaban J connectivity index is 2.30. The number of aryl methyl sites for hydroxylation is 1. The lowest BCUT2D eigenvalue weighted by atomic mass is 10.0. The topological polar surface area (TPSA) is 114 Å². The Kier molecular flexibility index (Phi) is 9.54. The van der Waals surface area contributed by atoms with Gasteiger partial charge in [0.05, 0.1) is 6.61 Å². The zero-order chi connectivity index (χ0) is 22.6. The number of aliphatic hydroxyl groups is 1. The van der Waals surface area contributed by atoms with Crippen molar-refractivity contribution in [3.05, 3.63) is 71.8 Å². The Morgan fingerprint density at radius 2 is 1.90 bits per heavy atom. The Morgan fingerprint density at radius 1 is 1.16 bits per heavy atom. The van der Waals surface area contributed by atoms with Crippen molar-refractivity contribution in [2.75, 3.05) is 25.1 Å². The van der Waals surface area contributed by atoms with Crippen LogP contribution in [0.25, 0.3) is 0 Å². The van der Waals surface area contributed by atoms with Crippen molar-refractivity contribution < 1.29 is 34.0 Å². The van der Waals surface area contributed by atoms with Crippen LogP contribution in [0.3, 0.4) is 0 Å². The maximum atomic E-state index is 12.6. The van der Waals surface area contributed by atoms with Gasteiger partial charge in [-0.15, -0.1) is 0 Å². The number of carboxylic acid groups (broad SMARTS) is 1. The number of anilines is 1. The van der Waals surface area contributed by atoms with Crippen LogP contribution in [0.1, 0.15) is 24.2 Å². The lowest BCUT2D eigenvalue weighted by Gasteiger charge is -2.25. The molecule has 0 aliphatic carbocycles. The number of aliphatic carboxylic acids is 1. The molecule has 1 amide bonds. The van der Waals surface area contributed by atoms with Crippen molar-refractivity contribution in [1.82, 2.24) is 0 Å². The number of carbonyl (C=O) groups is 2. The first-order valence-electron chi connectivity index (χ1n) is 9.83. The second-order valence-electron chi connectivity index (χ2n) is 6.58. The molecule has 0 aliphatic rings. The van der Waals surface area contributed by atoms with Crippen LogP contribution in [0.4, 0.5) is 10.5 Å². The second-order valence-corrected chi connectivity index (χ2v) is 6.58. The van der Waals surface area contributed by atoms with E-state index in [9.17, 15) is 9.59 Å². The van der Waals surface area contributed by atoms with Crippen LogP contribution < -0.4 is 10.1 Å². The second kappa shape index (κ2) is 12.4. The Bertz CT molecular complexity index is 880. The molecule has 8 nitrogen and oxygen atoms in total. The molecule has 166 valence electrons. The van der Waals surface area contributed by atoms with Crippen molar-refractivity contribution in [3.63, 3.8) is 0 Å². The number of amides is 1. The minimum atomic E-state index is -1.15. The minimum absolute atomic E-state index is 0.108. The first-order valence-corrected chi connectivity index (χ1v) is 9.83. The summed E-state index contributed by atoms with van der Waals surface area (Å²) < 4.78 is 16.8. The molecule has 2 atom stereocenters. The van der Waals surface area contributed by atoms with E-state index >= 15 is 0 Å². The number of carboxylic acids is 1. The number of carbonyl (C=O) groups excluding carboxylic acids is 1. The summed E-state index contributed by atoms with van der Waals surface area (Å²) in [5, 5.41) is 20.7. The Morgan fingerprint density at radius 3 is 2.55 bits per heavy atom. The quantitative estimate of drug-likeness (QED) is 0.467. The third-order valence-corrected chi connectivity index (χ3v) is 4.16. The molecule has 31 heavy (non-hydrogen) atoms. The third kappa shape index (κ3) is 8.12. The summed E-state index contributed by atoms with van der Waals surface area (Å²) >= 11 is 0. The lowest BCUT2D eigenvalue weighted by molar-refractivity contribution is -0.131. The molecule has 0 heterocycles. The molecule has 3 N–H and O–H groups in total. The van der Waals surface area contributed by atoms with Crippen molar-refractivity contribution in [3.8, 4) is 5.75 Å². The monoisotopic (exact) mass is 429 g/mol. The van der Waals surface area contributed by atoms with Gasteiger partial charge in [0.1, 0.15) is 18.5 Å². The van der Waals surface area contributed by atoms with E-state index < -0.39 is 24.3 Å². The molecule has 8 heteroatoms. The summed E-state index contributed by atoms with van der Waals surface area (Å²) in [7, 11) is 0. The van der Waals surface area contributed by atoms with Gasteiger partial charge in [-0.2, -0.15) is 0 Å². The summed E-state index contributed by atoms with van der Waals surface area (Å²) in [4.78, 5) is 23.6. The van der Waals surface area contributed by atoms with E-state index in [4.69, 9.17) is 24.4 Å². The van der Waals surface area contributed by atoms with Gasteiger partial charge in [0.25, 0.3) is 0 Å². The van der Waals surface area contributed by atoms with Crippen LogP contribution in [0.15, 0.2) is 60.7 Å². The van der Waals surface area contributed by atoms with Gasteiger partial charge in [0.15, 0.2) is 6.10 Å². The highest BCUT2D eigenvalue weighted by Crippen LogP contribution is 2.28. The Labute approximate surface area is 181 Å². The number of benzene rings is 2. The fraction of sp³-hybridized carbons (Fsp3) is 0.304. The standard InChI is InChI=1S/C23H27NO7/c1-3-29-20(11-12-21(26)27)22(17-5-4-6-19(15-17)30-14-13-25)31-23(28)24-18-9-7-16(2)8-10-18/h4-12,15,20,22,25H,3,13-14H2,1-2H3,(H,24,28)(H,26,27)/b12-11+/t20-,22-/m0/s1. The molecule has 0 unspecified atom stereocenters. The van der Waals surface area contributed by atoms with E-state index in [-0.39, 0.29) is 19.8 Å². The number of aliphatic hydroxyl groups excluding tert-OH is 1. The van der Waals surface area contributed by atoms with Crippen molar-refractivity contribution in [2.45, 2.75) is 26.1 Å². The highest BCUT2D eigenvalue weighted by atomic mass is 16.6. The first-order chi connectivity index (χ1) is 14.9. The Hall–Kier alpha value is -3.36. The van der Waals surface area contributed by atoms with E-state index in [0.717, 1.165) is 11.6 Å². The predicted octanol–water partition coefficient (Wildman–Crippen LogP) is 3.70. The van der Waals surface area contributed by atoms with E-state index in [2.05, 4.69) is 5.32 Å². The molecule has 0 radical (unpaired) electrons. The molecule has 2 aromatic rings. The molecule has 0 saturated heterocycles. The van der Waals surface area contributed by atoms with E-state index in [1.54, 1.807) is 43.3 Å². The number of nitrogens with one attached hydrogen (secondary N) is 1. The molecule has 2 rings (SSSR count). The number of rotatable bonds is 11. The SMILES string of the molecule is CCO[C@@H](/C=C/C(=O)O)[C@@H](OC(=O)Nc1ccc(C)cc1)c1cccc(OCCO)c1. The molecule has 0 saturated carbocycles. The summed E-state index contributed by atoms with van der Waals surface area (Å²) in [5.74, 6) is -0.677. The highest BCUT2D eigenvalue weighted by Gasteiger charge is 2.27. The summed E-state index contributed by atoms with van der Waals surface area (Å²) in [6, 6.07) is 14.0. The lowest BCUT2D eigenvalue weighted by Crippen LogP contribution is -2.28. The van der Waals surface area contributed by atoms with Gasteiger partial charge in [-0.3, -0.25) is 5.32 Å². The minimum Gasteiger partial charge on any atom is -0.491 e. The van der Waals surface area contributed by atoms with Crippen LogP contribution in [-0.4, -0.2) is 48.2 Å². The molecule has 0 bridgehead atoms. The largest absolute Gasteiger partial charge is 0.491 e. The van der Waals surface area contributed by atoms with Crippen LogP contribution in [-0.2, 0) is 14.3 Å². The summed E-state index contributed by atoms with van der Waals surface area (Å²) in [6.07, 6.45) is -0.238. The van der Waals surface area contributed by atoms with Crippen LogP contribution >= 0.6 is 0 Å². The zero-order valence-corrected chi connectivity index (χ0v) is 17.5. The number of hydrogen-bond donors (Lipinski definition) is 3. The highest BCUT2D eigenvalue weighted by molar-refractivity contribution is 5.84. The number of hydrogen-bond acceptors (Lipinski definition) is 6. The van der Waals surface area contributed by atoms with Gasteiger partial charge in [-0.25, -0.2) is 9.59 Å². The van der Waals surface area contributed by atoms with Gasteiger partial charge >= 0.3 is 12.1 Å². The van der Waals surface area contributed by atoms with Gasteiger partial charge in [0, 0.05) is 18.4 Å². The van der Waals surface area contributed by atoms with Gasteiger partial charge in [-0.1, -0.05) is 29.8 Å². The van der Waals surface area contributed by atoms with Crippen LogP contribution in [0.5, 0.6) is 5.75 Å². The normalized spacial score (nSPS) is 12.9. The fourth-order valence-corrected chi connectivity index (χ4v) is 2.78. The van der Waals surface area contributed by atoms with Crippen molar-refractivity contribution in [1.29, 1.82) is 0 Å². The zero-order valence-electron chi connectivity index (χ0n) is 17.5. The maximum absolute atomic E-state index is 12.6.